The topological polar surface area (TPSA) is 94.3 Å². The number of nitrogens with zero attached hydrogens (tertiary/aromatic N) is 2. The zero-order valence-electron chi connectivity index (χ0n) is 23.7. The maximum Gasteiger partial charge on any atom is 0.262 e. The second kappa shape index (κ2) is 18.1. The standard InChI is InChI=1S/C28H26O4.2C2H6N.Ti/c1-31-25-15-5-3-11-21(25)23-13-7-9-19(27(23)29)17-18-20-10-8-14-24(28(20)30)22-12-4-6-16-26(22)32-2;2*1-3-2;/h3-16,29-30H,17-18H2,1-2H3;2*1-2H3;/q;2*-1;/p+2. The molecule has 0 saturated heterocycles. The summed E-state index contributed by atoms with van der Waals surface area (Å²) in [5.74, 6) is 2.19. The van der Waals surface area contributed by atoms with E-state index < -0.39 is 0 Å². The molecule has 4 aromatic carbocycles. The van der Waals surface area contributed by atoms with E-state index in [-0.39, 0.29) is 33.2 Å². The Hall–Kier alpha value is -3.29. The second-order valence-electron chi connectivity index (χ2n) is 8.50. The van der Waals surface area contributed by atoms with E-state index in [1.165, 1.54) is 0 Å². The molecule has 0 radical (unpaired) electrons. The van der Waals surface area contributed by atoms with Crippen molar-refractivity contribution in [2.24, 2.45) is 0 Å². The number of aromatic hydroxyl groups is 4. The summed E-state index contributed by atoms with van der Waals surface area (Å²) in [6, 6.07) is 27.1. The van der Waals surface area contributed by atoms with Gasteiger partial charge in [0.25, 0.3) is 11.5 Å². The van der Waals surface area contributed by atoms with Crippen LogP contribution in [0.3, 0.4) is 0 Å². The fourth-order valence-electron chi connectivity index (χ4n) is 4.08. The minimum Gasteiger partial charge on any atom is -0.668 e. The van der Waals surface area contributed by atoms with Crippen LogP contribution in [-0.2, 0) is 34.6 Å². The summed E-state index contributed by atoms with van der Waals surface area (Å²) in [5, 5.41) is 29.0. The van der Waals surface area contributed by atoms with Crippen LogP contribution < -0.4 is 0 Å². The predicted octanol–water partition coefficient (Wildman–Crippen LogP) is 7.20. The van der Waals surface area contributed by atoms with Crippen LogP contribution in [0.5, 0.6) is 23.0 Å². The first-order valence-corrected chi connectivity index (χ1v) is 12.4. The molecule has 0 aliphatic heterocycles. The summed E-state index contributed by atoms with van der Waals surface area (Å²) in [5.41, 5.74) is 5.00. The van der Waals surface area contributed by atoms with E-state index in [1.807, 2.05) is 84.9 Å². The quantitative estimate of drug-likeness (QED) is 0.184. The van der Waals surface area contributed by atoms with Gasteiger partial charge in [-0.25, -0.2) is 0 Å². The Labute approximate surface area is 247 Å². The monoisotopic (exact) mass is 564 g/mol. The molecule has 0 spiro atoms. The molecule has 39 heavy (non-hydrogen) atoms. The van der Waals surface area contributed by atoms with Gasteiger partial charge in [0.2, 0.25) is 0 Å². The predicted molar refractivity (Wildman–Crippen MR) is 160 cm³/mol. The van der Waals surface area contributed by atoms with Crippen LogP contribution in [0.15, 0.2) is 84.9 Å². The molecule has 0 atom stereocenters. The summed E-state index contributed by atoms with van der Waals surface area (Å²) in [7, 11) is 10.5. The Morgan fingerprint density at radius 1 is 0.513 bits per heavy atom. The first-order chi connectivity index (χ1) is 18.5. The molecule has 0 amide bonds. The van der Waals surface area contributed by atoms with Gasteiger partial charge in [-0.1, -0.05) is 60.7 Å². The van der Waals surface area contributed by atoms with Crippen LogP contribution in [-0.4, -0.2) is 62.1 Å². The number of para-hydroxylation sites is 4. The van der Waals surface area contributed by atoms with E-state index >= 15 is 0 Å². The summed E-state index contributed by atoms with van der Waals surface area (Å²) >= 11 is 0. The van der Waals surface area contributed by atoms with Crippen LogP contribution in [0.1, 0.15) is 11.1 Å². The zero-order chi connectivity index (χ0) is 27.9. The minimum absolute atomic E-state index is 0. The van der Waals surface area contributed by atoms with Crippen LogP contribution in [0.4, 0.5) is 0 Å². The number of phenolic OH excluding ortho intramolecular Hbond substituents is 2. The Morgan fingerprint density at radius 2 is 0.821 bits per heavy atom. The van der Waals surface area contributed by atoms with E-state index in [1.54, 1.807) is 42.4 Å². The maximum atomic E-state index is 11.0. The van der Waals surface area contributed by atoms with Crippen molar-refractivity contribution in [2.45, 2.75) is 12.8 Å². The van der Waals surface area contributed by atoms with Crippen molar-refractivity contribution >= 4 is 0 Å². The molecule has 7 heteroatoms. The largest absolute Gasteiger partial charge is 0.668 e. The fourth-order valence-corrected chi connectivity index (χ4v) is 4.08. The third-order valence-electron chi connectivity index (χ3n) is 5.77. The van der Waals surface area contributed by atoms with Crippen molar-refractivity contribution in [1.29, 1.82) is 0 Å². The molecule has 0 saturated carbocycles. The van der Waals surface area contributed by atoms with Gasteiger partial charge in [-0.15, -0.1) is 0 Å². The molecule has 0 aromatic heterocycles. The maximum absolute atomic E-state index is 11.0. The molecule has 206 valence electrons. The molecular weight excluding hydrogens is 524 g/mol. The number of benzene rings is 4. The number of ether oxygens (including phenoxy) is 2. The Bertz CT molecular complexity index is 1180. The summed E-state index contributed by atoms with van der Waals surface area (Å²) in [6.07, 6.45) is 1.20. The molecule has 0 bridgehead atoms. The number of hydrogen-bond donors (Lipinski definition) is 2. The Morgan fingerprint density at radius 3 is 1.15 bits per heavy atom. The third kappa shape index (κ3) is 9.15. The number of aryl methyl sites for hydroxylation is 2. The molecule has 0 aliphatic rings. The van der Waals surface area contributed by atoms with Gasteiger partial charge in [0.1, 0.15) is 11.5 Å². The van der Waals surface area contributed by atoms with Crippen molar-refractivity contribution in [2.75, 3.05) is 42.4 Å². The van der Waals surface area contributed by atoms with Crippen molar-refractivity contribution in [3.8, 4) is 45.3 Å². The average molecular weight is 565 g/mol. The van der Waals surface area contributed by atoms with Gasteiger partial charge in [-0.2, -0.15) is 28.2 Å². The van der Waals surface area contributed by atoms with E-state index in [0.717, 1.165) is 44.9 Å². The van der Waals surface area contributed by atoms with Gasteiger partial charge in [0, 0.05) is 45.0 Å². The smallest absolute Gasteiger partial charge is 0.262 e. The van der Waals surface area contributed by atoms with Crippen molar-refractivity contribution in [3.63, 3.8) is 0 Å². The van der Waals surface area contributed by atoms with Crippen LogP contribution in [0.25, 0.3) is 32.9 Å². The summed E-state index contributed by atoms with van der Waals surface area (Å²) in [4.78, 5) is 0. The third-order valence-corrected chi connectivity index (χ3v) is 5.77. The second-order valence-corrected chi connectivity index (χ2v) is 8.50. The van der Waals surface area contributed by atoms with Crippen molar-refractivity contribution in [3.05, 3.63) is 107 Å². The Balaban J connectivity index is 0.000000997. The number of aliphatic hydroxyl groups is 2. The molecule has 4 aromatic rings. The first kappa shape index (κ1) is 33.7. The molecule has 4 rings (SSSR count). The summed E-state index contributed by atoms with van der Waals surface area (Å²) < 4.78 is 8.65. The average Bonchev–Trinajstić information content (AvgIpc) is 2.94. The molecule has 0 aliphatic carbocycles. The van der Waals surface area contributed by atoms with E-state index in [0.29, 0.717) is 12.8 Å². The zero-order valence-corrected chi connectivity index (χ0v) is 25.2. The molecule has 0 unspecified atom stereocenters. The number of phenols is 2. The van der Waals surface area contributed by atoms with E-state index in [9.17, 15) is 10.2 Å². The van der Waals surface area contributed by atoms with Gasteiger partial charge in [-0.05, 0) is 36.1 Å². The Kier molecular flexibility index (Phi) is 15.6. The van der Waals surface area contributed by atoms with Gasteiger partial charge < -0.3 is 30.3 Å². The van der Waals surface area contributed by atoms with Gasteiger partial charge in [0.15, 0.2) is 14.2 Å². The van der Waals surface area contributed by atoms with Gasteiger partial charge >= 0.3 is 0 Å². The fraction of sp³-hybridized carbons (Fsp3) is 0.250. The number of rotatable bonds is 7. The van der Waals surface area contributed by atoms with Crippen LogP contribution in [0, 0.1) is 0 Å². The van der Waals surface area contributed by atoms with Crippen molar-refractivity contribution < 1.29 is 41.4 Å². The van der Waals surface area contributed by atoms with Gasteiger partial charge in [0.05, 0.1) is 11.1 Å². The van der Waals surface area contributed by atoms with Crippen LogP contribution in [0.2, 0.25) is 0 Å². The van der Waals surface area contributed by atoms with Crippen molar-refractivity contribution in [1.82, 2.24) is 0 Å². The molecule has 0 heterocycles. The first-order valence-electron chi connectivity index (χ1n) is 12.4. The molecule has 0 fully saturated rings. The molecule has 6 nitrogen and oxygen atoms in total. The SMILES string of the molecule is C[N-]C.C[N-]C.C[OH+]c1ccccc1-c1cccc(CCc2cccc(-c3ccccc3[OH+]C)c2O)c1O.[Ti]. The van der Waals surface area contributed by atoms with E-state index in [2.05, 4.69) is 20.1 Å². The minimum atomic E-state index is 0. The number of hydrogen-bond acceptors (Lipinski definition) is 2. The summed E-state index contributed by atoms with van der Waals surface area (Å²) in [6.45, 7) is 0. The molecule has 4 N–H and O–H groups in total. The van der Waals surface area contributed by atoms with Gasteiger partial charge in [-0.3, -0.25) is 0 Å². The normalized spacial score (nSPS) is 9.69. The van der Waals surface area contributed by atoms with E-state index in [4.69, 9.17) is 0 Å². The van der Waals surface area contributed by atoms with Crippen LogP contribution >= 0.6 is 0 Å². The molecular formula is C32H40N2O4Ti.